The van der Waals surface area contributed by atoms with Crippen molar-refractivity contribution in [1.82, 2.24) is 20.3 Å². The summed E-state index contributed by atoms with van der Waals surface area (Å²) in [6.07, 6.45) is 2.02. The van der Waals surface area contributed by atoms with E-state index in [9.17, 15) is 14.0 Å². The Bertz CT molecular complexity index is 888. The number of anilines is 1. The van der Waals surface area contributed by atoms with Crippen LogP contribution in [0.4, 0.5) is 10.2 Å². The molecule has 1 saturated carbocycles. The zero-order valence-electron chi connectivity index (χ0n) is 16.9. The molecule has 2 amide bonds. The zero-order chi connectivity index (χ0) is 21.1. The molecule has 2 N–H and O–H groups in total. The van der Waals surface area contributed by atoms with Crippen LogP contribution in [0.1, 0.15) is 30.2 Å². The van der Waals surface area contributed by atoms with E-state index in [1.807, 2.05) is 4.90 Å². The summed E-state index contributed by atoms with van der Waals surface area (Å²) in [4.78, 5) is 29.3. The normalized spacial score (nSPS) is 18.7. The second kappa shape index (κ2) is 8.93. The maximum Gasteiger partial charge on any atom is 0.242 e. The molecule has 9 heteroatoms. The Morgan fingerprint density at radius 1 is 1.20 bits per heavy atom. The molecule has 4 rings (SSSR count). The molecule has 2 heterocycles. The smallest absolute Gasteiger partial charge is 0.242 e. The first kappa shape index (κ1) is 20.5. The van der Waals surface area contributed by atoms with Gasteiger partial charge in [0.05, 0.1) is 6.54 Å². The lowest BCUT2D eigenvalue weighted by Crippen LogP contribution is -2.52. The van der Waals surface area contributed by atoms with Crippen LogP contribution in [0.15, 0.2) is 34.9 Å². The molecular formula is C21H26FN5O3. The molecule has 2 fully saturated rings. The summed E-state index contributed by atoms with van der Waals surface area (Å²) in [6.45, 7) is 4.58. The number of piperazine rings is 1. The standard InChI is InChI=1S/C21H26FN5O3/c1-14-12-18(25-30-14)24-19(28)13-26-8-10-27(11-9-26)20(21(29)23-17-6-7-17)15-2-4-16(22)5-3-15/h2-5,12,17,20H,6-11,13H2,1H3,(H,23,29)(H,24,25,28). The van der Waals surface area contributed by atoms with Crippen LogP contribution in [0.2, 0.25) is 0 Å². The Balaban J connectivity index is 1.35. The van der Waals surface area contributed by atoms with Crippen molar-refractivity contribution < 1.29 is 18.5 Å². The van der Waals surface area contributed by atoms with Gasteiger partial charge in [-0.25, -0.2) is 4.39 Å². The van der Waals surface area contributed by atoms with E-state index in [1.165, 1.54) is 12.1 Å². The molecule has 2 aromatic rings. The molecule has 8 nitrogen and oxygen atoms in total. The number of aromatic nitrogens is 1. The van der Waals surface area contributed by atoms with E-state index in [0.29, 0.717) is 37.8 Å². The minimum absolute atomic E-state index is 0.0447. The van der Waals surface area contributed by atoms with Gasteiger partial charge in [0.1, 0.15) is 17.6 Å². The van der Waals surface area contributed by atoms with E-state index in [-0.39, 0.29) is 30.2 Å². The molecule has 1 aromatic heterocycles. The average Bonchev–Trinajstić information content (AvgIpc) is 3.44. The molecule has 30 heavy (non-hydrogen) atoms. The highest BCUT2D eigenvalue weighted by atomic mass is 19.1. The molecule has 2 aliphatic rings. The van der Waals surface area contributed by atoms with Crippen LogP contribution in [-0.2, 0) is 9.59 Å². The lowest BCUT2D eigenvalue weighted by atomic mass is 10.0. The summed E-state index contributed by atoms with van der Waals surface area (Å²) in [6, 6.07) is 7.59. The maximum atomic E-state index is 13.4. The van der Waals surface area contributed by atoms with Gasteiger partial charge in [0.25, 0.3) is 0 Å². The van der Waals surface area contributed by atoms with Gasteiger partial charge in [0.15, 0.2) is 5.82 Å². The monoisotopic (exact) mass is 415 g/mol. The van der Waals surface area contributed by atoms with E-state index in [1.54, 1.807) is 25.1 Å². The third-order valence-corrected chi connectivity index (χ3v) is 5.39. The number of hydrogen-bond acceptors (Lipinski definition) is 6. The molecule has 160 valence electrons. The van der Waals surface area contributed by atoms with Gasteiger partial charge in [0.2, 0.25) is 11.8 Å². The van der Waals surface area contributed by atoms with Crippen molar-refractivity contribution >= 4 is 17.6 Å². The van der Waals surface area contributed by atoms with Crippen LogP contribution in [-0.4, -0.2) is 65.5 Å². The fourth-order valence-electron chi connectivity index (χ4n) is 3.67. The minimum Gasteiger partial charge on any atom is -0.360 e. The average molecular weight is 415 g/mol. The Labute approximate surface area is 174 Å². The molecule has 1 atom stereocenters. The highest BCUT2D eigenvalue weighted by Crippen LogP contribution is 2.26. The van der Waals surface area contributed by atoms with Gasteiger partial charge < -0.3 is 15.2 Å². The number of nitrogens with one attached hydrogen (secondary N) is 2. The summed E-state index contributed by atoms with van der Waals surface area (Å²) in [5, 5.41) is 9.56. The first-order valence-corrected chi connectivity index (χ1v) is 10.2. The number of halogens is 1. The number of nitrogens with zero attached hydrogens (tertiary/aromatic N) is 3. The van der Waals surface area contributed by atoms with Gasteiger partial charge in [-0.3, -0.25) is 19.4 Å². The third-order valence-electron chi connectivity index (χ3n) is 5.39. The summed E-state index contributed by atoms with van der Waals surface area (Å²) in [5.41, 5.74) is 0.780. The molecule has 0 spiro atoms. The van der Waals surface area contributed by atoms with Crippen LogP contribution >= 0.6 is 0 Å². The SMILES string of the molecule is Cc1cc(NC(=O)CN2CCN(C(C(=O)NC3CC3)c3ccc(F)cc3)CC2)no1. The molecule has 1 unspecified atom stereocenters. The van der Waals surface area contributed by atoms with Crippen molar-refractivity contribution in [1.29, 1.82) is 0 Å². The summed E-state index contributed by atoms with van der Waals surface area (Å²) < 4.78 is 18.3. The fourth-order valence-corrected chi connectivity index (χ4v) is 3.67. The van der Waals surface area contributed by atoms with Crippen molar-refractivity contribution in [3.63, 3.8) is 0 Å². The number of rotatable bonds is 7. The number of carbonyl (C=O) groups is 2. The number of benzene rings is 1. The van der Waals surface area contributed by atoms with E-state index < -0.39 is 6.04 Å². The Morgan fingerprint density at radius 3 is 2.50 bits per heavy atom. The van der Waals surface area contributed by atoms with Gasteiger partial charge in [-0.05, 0) is 37.5 Å². The molecule has 1 aromatic carbocycles. The maximum absolute atomic E-state index is 13.4. The number of hydrogen-bond donors (Lipinski definition) is 2. The van der Waals surface area contributed by atoms with E-state index in [2.05, 4.69) is 20.7 Å². The second-order valence-electron chi connectivity index (χ2n) is 7.92. The predicted molar refractivity (Wildman–Crippen MR) is 108 cm³/mol. The van der Waals surface area contributed by atoms with Gasteiger partial charge in [0, 0.05) is 38.3 Å². The Hall–Kier alpha value is -2.78. The number of carbonyl (C=O) groups excluding carboxylic acids is 2. The van der Waals surface area contributed by atoms with Crippen molar-refractivity contribution in [2.75, 3.05) is 38.0 Å². The number of amides is 2. The molecule has 1 aliphatic carbocycles. The van der Waals surface area contributed by atoms with Gasteiger partial charge in [-0.1, -0.05) is 17.3 Å². The summed E-state index contributed by atoms with van der Waals surface area (Å²) >= 11 is 0. The Morgan fingerprint density at radius 2 is 1.90 bits per heavy atom. The topological polar surface area (TPSA) is 90.7 Å². The van der Waals surface area contributed by atoms with Crippen LogP contribution in [0.3, 0.4) is 0 Å². The first-order chi connectivity index (χ1) is 14.5. The highest BCUT2D eigenvalue weighted by Gasteiger charge is 2.34. The van der Waals surface area contributed by atoms with Crippen molar-refractivity contribution in [3.8, 4) is 0 Å². The third kappa shape index (κ3) is 5.22. The van der Waals surface area contributed by atoms with Crippen LogP contribution in [0.25, 0.3) is 0 Å². The van der Waals surface area contributed by atoms with E-state index in [4.69, 9.17) is 4.52 Å². The predicted octanol–water partition coefficient (Wildman–Crippen LogP) is 1.70. The molecule has 0 bridgehead atoms. The van der Waals surface area contributed by atoms with Crippen LogP contribution in [0.5, 0.6) is 0 Å². The van der Waals surface area contributed by atoms with Crippen molar-refractivity contribution in [2.24, 2.45) is 0 Å². The van der Waals surface area contributed by atoms with Crippen LogP contribution in [0, 0.1) is 12.7 Å². The quantitative estimate of drug-likeness (QED) is 0.715. The van der Waals surface area contributed by atoms with Crippen molar-refractivity contribution in [3.05, 3.63) is 47.5 Å². The molecule has 1 saturated heterocycles. The molecule has 1 aliphatic heterocycles. The number of aryl methyl sites for hydroxylation is 1. The lowest BCUT2D eigenvalue weighted by Gasteiger charge is -2.38. The van der Waals surface area contributed by atoms with Gasteiger partial charge >= 0.3 is 0 Å². The first-order valence-electron chi connectivity index (χ1n) is 10.2. The summed E-state index contributed by atoms with van der Waals surface area (Å²) in [7, 11) is 0. The van der Waals surface area contributed by atoms with E-state index >= 15 is 0 Å². The zero-order valence-corrected chi connectivity index (χ0v) is 16.9. The van der Waals surface area contributed by atoms with Gasteiger partial charge in [-0.15, -0.1) is 0 Å². The summed E-state index contributed by atoms with van der Waals surface area (Å²) in [5.74, 6) is 0.521. The highest BCUT2D eigenvalue weighted by molar-refractivity contribution is 5.91. The molecular weight excluding hydrogens is 389 g/mol. The largest absolute Gasteiger partial charge is 0.360 e. The fraction of sp³-hybridized carbons (Fsp3) is 0.476. The lowest BCUT2D eigenvalue weighted by molar-refractivity contribution is -0.128. The van der Waals surface area contributed by atoms with Crippen molar-refractivity contribution in [2.45, 2.75) is 31.8 Å². The molecule has 0 radical (unpaired) electrons. The minimum atomic E-state index is -0.458. The Kier molecular flexibility index (Phi) is 6.10. The van der Waals surface area contributed by atoms with E-state index in [0.717, 1.165) is 18.4 Å². The second-order valence-corrected chi connectivity index (χ2v) is 7.92. The van der Waals surface area contributed by atoms with Crippen LogP contribution < -0.4 is 10.6 Å². The van der Waals surface area contributed by atoms with Gasteiger partial charge in [-0.2, -0.15) is 0 Å².